The van der Waals surface area contributed by atoms with Crippen LogP contribution in [0.3, 0.4) is 0 Å². The lowest BCUT2D eigenvalue weighted by Crippen LogP contribution is -2.32. The number of nitrogens with one attached hydrogen (secondary N) is 3. The van der Waals surface area contributed by atoms with Gasteiger partial charge in [0, 0.05) is 12.2 Å². The molecule has 0 saturated carbocycles. The van der Waals surface area contributed by atoms with Crippen molar-refractivity contribution in [1.82, 2.24) is 10.7 Å². The maximum atomic E-state index is 11.9. The molecule has 30 heavy (non-hydrogen) atoms. The number of anilines is 1. The first-order chi connectivity index (χ1) is 14.4. The standard InChI is InChI=1S/C22H26N4O4/c1-16(2)13-23-20(27)12-21(28)26-24-14-17-8-10-19(11-9-17)30-15-22(29)25-18-6-4-3-5-7-18/h3-11,14,16H,12-13,15H2,1-2H3,(H,23,27)(H,25,29)(H,26,28)/b24-14+. The van der Waals surface area contributed by atoms with Crippen molar-refractivity contribution >= 4 is 29.6 Å². The Morgan fingerprint density at radius 1 is 0.967 bits per heavy atom. The van der Waals surface area contributed by atoms with E-state index in [1.807, 2.05) is 32.0 Å². The minimum Gasteiger partial charge on any atom is -0.484 e. The van der Waals surface area contributed by atoms with Gasteiger partial charge in [0.15, 0.2) is 6.61 Å². The molecule has 0 atom stereocenters. The molecule has 0 aliphatic heterocycles. The zero-order chi connectivity index (χ0) is 21.8. The second kappa shape index (κ2) is 12.0. The van der Waals surface area contributed by atoms with E-state index in [9.17, 15) is 14.4 Å². The summed E-state index contributed by atoms with van der Waals surface area (Å²) in [7, 11) is 0. The van der Waals surface area contributed by atoms with Crippen molar-refractivity contribution in [2.24, 2.45) is 11.0 Å². The summed E-state index contributed by atoms with van der Waals surface area (Å²) in [6.45, 7) is 4.36. The largest absolute Gasteiger partial charge is 0.484 e. The fraction of sp³-hybridized carbons (Fsp3) is 0.273. The minimum absolute atomic E-state index is 0.114. The molecule has 0 aromatic heterocycles. The number of hydrazone groups is 1. The summed E-state index contributed by atoms with van der Waals surface area (Å²) < 4.78 is 5.45. The molecule has 2 aromatic carbocycles. The smallest absolute Gasteiger partial charge is 0.262 e. The number of hydrogen-bond acceptors (Lipinski definition) is 5. The summed E-state index contributed by atoms with van der Waals surface area (Å²) in [5, 5.41) is 9.23. The molecule has 0 spiro atoms. The average molecular weight is 410 g/mol. The Morgan fingerprint density at radius 2 is 1.67 bits per heavy atom. The molecule has 0 radical (unpaired) electrons. The maximum absolute atomic E-state index is 11.9. The Morgan fingerprint density at radius 3 is 2.33 bits per heavy atom. The zero-order valence-corrected chi connectivity index (χ0v) is 17.1. The Labute approximate surface area is 175 Å². The lowest BCUT2D eigenvalue weighted by Gasteiger charge is -2.07. The van der Waals surface area contributed by atoms with Crippen LogP contribution in [0.2, 0.25) is 0 Å². The van der Waals surface area contributed by atoms with Crippen molar-refractivity contribution in [2.45, 2.75) is 20.3 Å². The number of rotatable bonds is 10. The highest BCUT2D eigenvalue weighted by molar-refractivity contribution is 5.97. The topological polar surface area (TPSA) is 109 Å². The van der Waals surface area contributed by atoms with Gasteiger partial charge in [0.25, 0.3) is 5.91 Å². The van der Waals surface area contributed by atoms with Gasteiger partial charge in [0.05, 0.1) is 6.21 Å². The molecule has 2 rings (SSSR count). The van der Waals surface area contributed by atoms with E-state index in [1.165, 1.54) is 6.21 Å². The van der Waals surface area contributed by atoms with E-state index in [0.29, 0.717) is 23.9 Å². The Hall–Kier alpha value is -3.68. The van der Waals surface area contributed by atoms with Crippen LogP contribution in [0, 0.1) is 5.92 Å². The Balaban J connectivity index is 1.71. The lowest BCUT2D eigenvalue weighted by molar-refractivity contribution is -0.129. The maximum Gasteiger partial charge on any atom is 0.262 e. The predicted molar refractivity (Wildman–Crippen MR) is 115 cm³/mol. The molecule has 0 unspecified atom stereocenters. The highest BCUT2D eigenvalue weighted by Crippen LogP contribution is 2.11. The van der Waals surface area contributed by atoms with Gasteiger partial charge in [-0.05, 0) is 47.9 Å². The molecule has 0 aliphatic carbocycles. The average Bonchev–Trinajstić information content (AvgIpc) is 2.72. The first-order valence-electron chi connectivity index (χ1n) is 9.58. The molecule has 0 fully saturated rings. The van der Waals surface area contributed by atoms with Crippen molar-refractivity contribution < 1.29 is 19.1 Å². The number of ether oxygens (including phenoxy) is 1. The van der Waals surface area contributed by atoms with Gasteiger partial charge < -0.3 is 15.4 Å². The first kappa shape index (κ1) is 22.6. The number of amides is 3. The van der Waals surface area contributed by atoms with E-state index < -0.39 is 5.91 Å². The normalized spacial score (nSPS) is 10.6. The number of nitrogens with zero attached hydrogens (tertiary/aromatic N) is 1. The lowest BCUT2D eigenvalue weighted by atomic mass is 10.2. The van der Waals surface area contributed by atoms with Crippen LogP contribution < -0.4 is 20.8 Å². The third-order valence-corrected chi connectivity index (χ3v) is 3.74. The third-order valence-electron chi connectivity index (χ3n) is 3.74. The molecule has 8 nitrogen and oxygen atoms in total. The molecule has 8 heteroatoms. The number of carbonyl (C=O) groups is 3. The molecule has 158 valence electrons. The van der Waals surface area contributed by atoms with Crippen LogP contribution in [-0.4, -0.2) is 37.1 Å². The van der Waals surface area contributed by atoms with Gasteiger partial charge in [-0.1, -0.05) is 32.0 Å². The van der Waals surface area contributed by atoms with Crippen LogP contribution in [0.1, 0.15) is 25.8 Å². The van der Waals surface area contributed by atoms with E-state index in [-0.39, 0.29) is 24.8 Å². The molecular weight excluding hydrogens is 384 g/mol. The summed E-state index contributed by atoms with van der Waals surface area (Å²) in [5.41, 5.74) is 3.74. The van der Waals surface area contributed by atoms with Crippen LogP contribution in [0.4, 0.5) is 5.69 Å². The molecule has 2 aromatic rings. The van der Waals surface area contributed by atoms with Crippen LogP contribution in [0.5, 0.6) is 5.75 Å². The molecule has 3 N–H and O–H groups in total. The summed E-state index contributed by atoms with van der Waals surface area (Å²) in [5.74, 6) is -0.237. The second-order valence-electron chi connectivity index (χ2n) is 6.94. The summed E-state index contributed by atoms with van der Waals surface area (Å²) >= 11 is 0. The Bertz CT molecular complexity index is 864. The van der Waals surface area contributed by atoms with Gasteiger partial charge in [-0.25, -0.2) is 5.43 Å². The quantitative estimate of drug-likeness (QED) is 0.317. The number of benzene rings is 2. The highest BCUT2D eigenvalue weighted by Gasteiger charge is 2.08. The van der Waals surface area contributed by atoms with E-state index in [0.717, 1.165) is 5.56 Å². The molecule has 0 heterocycles. The highest BCUT2D eigenvalue weighted by atomic mass is 16.5. The van der Waals surface area contributed by atoms with Crippen LogP contribution in [-0.2, 0) is 14.4 Å². The van der Waals surface area contributed by atoms with Gasteiger partial charge >= 0.3 is 0 Å². The van der Waals surface area contributed by atoms with Crippen molar-refractivity contribution in [1.29, 1.82) is 0 Å². The van der Waals surface area contributed by atoms with Crippen molar-refractivity contribution in [3.05, 3.63) is 60.2 Å². The third kappa shape index (κ3) is 9.01. The summed E-state index contributed by atoms with van der Waals surface area (Å²) in [6, 6.07) is 16.0. The van der Waals surface area contributed by atoms with Crippen molar-refractivity contribution in [2.75, 3.05) is 18.5 Å². The van der Waals surface area contributed by atoms with E-state index >= 15 is 0 Å². The summed E-state index contributed by atoms with van der Waals surface area (Å²) in [4.78, 5) is 35.1. The minimum atomic E-state index is -0.489. The molecule has 0 bridgehead atoms. The number of para-hydroxylation sites is 1. The van der Waals surface area contributed by atoms with Gasteiger partial charge in [0.2, 0.25) is 11.8 Å². The SMILES string of the molecule is CC(C)CNC(=O)CC(=O)N/N=C/c1ccc(OCC(=O)Nc2ccccc2)cc1. The first-order valence-corrected chi connectivity index (χ1v) is 9.58. The van der Waals surface area contributed by atoms with Crippen molar-refractivity contribution in [3.8, 4) is 5.75 Å². The van der Waals surface area contributed by atoms with E-state index in [1.54, 1.807) is 36.4 Å². The number of carbonyl (C=O) groups excluding carboxylic acids is 3. The van der Waals surface area contributed by atoms with Gasteiger partial charge in [-0.15, -0.1) is 0 Å². The van der Waals surface area contributed by atoms with Gasteiger partial charge in [0.1, 0.15) is 12.2 Å². The Kier molecular flexibility index (Phi) is 9.05. The molecule has 0 saturated heterocycles. The molecule has 3 amide bonds. The van der Waals surface area contributed by atoms with Crippen LogP contribution >= 0.6 is 0 Å². The van der Waals surface area contributed by atoms with E-state index in [2.05, 4.69) is 21.2 Å². The zero-order valence-electron chi connectivity index (χ0n) is 17.1. The number of hydrogen-bond donors (Lipinski definition) is 3. The molecular formula is C22H26N4O4. The van der Waals surface area contributed by atoms with Crippen LogP contribution in [0.25, 0.3) is 0 Å². The monoisotopic (exact) mass is 410 g/mol. The summed E-state index contributed by atoms with van der Waals surface area (Å²) in [6.07, 6.45) is 1.18. The fourth-order valence-electron chi connectivity index (χ4n) is 2.26. The second-order valence-corrected chi connectivity index (χ2v) is 6.94. The predicted octanol–water partition coefficient (Wildman–Crippen LogP) is 2.32. The van der Waals surface area contributed by atoms with Gasteiger partial charge in [-0.3, -0.25) is 14.4 Å². The molecule has 0 aliphatic rings. The van der Waals surface area contributed by atoms with E-state index in [4.69, 9.17) is 4.74 Å². The fourth-order valence-corrected chi connectivity index (χ4v) is 2.26. The van der Waals surface area contributed by atoms with Crippen LogP contribution in [0.15, 0.2) is 59.7 Å². The van der Waals surface area contributed by atoms with Crippen molar-refractivity contribution in [3.63, 3.8) is 0 Å². The van der Waals surface area contributed by atoms with Gasteiger partial charge in [-0.2, -0.15) is 5.10 Å².